The van der Waals surface area contributed by atoms with Crippen molar-refractivity contribution in [2.24, 2.45) is 10.2 Å². The number of ether oxygens (including phenoxy) is 4. The second-order valence-electron chi connectivity index (χ2n) is 8.75. The molecule has 0 aliphatic heterocycles. The molecule has 3 aromatic rings. The van der Waals surface area contributed by atoms with Gasteiger partial charge in [0.05, 0.1) is 31.1 Å². The van der Waals surface area contributed by atoms with Gasteiger partial charge in [0.15, 0.2) is 0 Å². The van der Waals surface area contributed by atoms with Crippen molar-refractivity contribution in [3.63, 3.8) is 0 Å². The fraction of sp³-hybridized carbons (Fsp3) is 0.290. The number of carbonyl (C=O) groups is 2. The molecular formula is C31H34N2O6. The number of esters is 2. The zero-order chi connectivity index (χ0) is 27.9. The summed E-state index contributed by atoms with van der Waals surface area (Å²) in [5.74, 6) is 0.895. The van der Waals surface area contributed by atoms with Crippen LogP contribution in [0.25, 0.3) is 0 Å². The zero-order valence-corrected chi connectivity index (χ0v) is 22.4. The molecule has 0 radical (unpaired) electrons. The number of hydrogen-bond donors (Lipinski definition) is 0. The summed E-state index contributed by atoms with van der Waals surface area (Å²) in [6.07, 6.45) is 3.44. The normalized spacial score (nSPS) is 10.7. The monoisotopic (exact) mass is 530 g/mol. The fourth-order valence-corrected chi connectivity index (χ4v) is 3.22. The Morgan fingerprint density at radius 2 is 1.44 bits per heavy atom. The number of nitrogens with zero attached hydrogens (tertiary/aromatic N) is 2. The third-order valence-corrected chi connectivity index (χ3v) is 5.42. The number of para-hydroxylation sites is 1. The maximum atomic E-state index is 12.5. The lowest BCUT2D eigenvalue weighted by Gasteiger charge is -2.08. The standard InChI is InChI=1S/C31H34N2O6/c1-4-5-20-36-26-16-12-24(13-17-26)31(35)39-27-18-14-25(15-19-27)32-33-28-10-6-7-11-29(28)37-21-8-9-22-38-30(34)23(2)3/h6-7,10-19H,2,4-5,8-9,20-22H2,1,3H3. The van der Waals surface area contributed by atoms with E-state index in [1.165, 1.54) is 0 Å². The van der Waals surface area contributed by atoms with E-state index < -0.39 is 5.97 Å². The highest BCUT2D eigenvalue weighted by Gasteiger charge is 2.09. The van der Waals surface area contributed by atoms with Crippen molar-refractivity contribution in [2.75, 3.05) is 19.8 Å². The van der Waals surface area contributed by atoms with Crippen molar-refractivity contribution in [1.82, 2.24) is 0 Å². The lowest BCUT2D eigenvalue weighted by Crippen LogP contribution is -2.08. The molecule has 39 heavy (non-hydrogen) atoms. The maximum absolute atomic E-state index is 12.5. The summed E-state index contributed by atoms with van der Waals surface area (Å²) in [5.41, 5.74) is 2.00. The summed E-state index contributed by atoms with van der Waals surface area (Å²) in [5, 5.41) is 8.58. The lowest BCUT2D eigenvalue weighted by atomic mass is 10.2. The third kappa shape index (κ3) is 10.1. The molecule has 204 valence electrons. The third-order valence-electron chi connectivity index (χ3n) is 5.42. The summed E-state index contributed by atoms with van der Waals surface area (Å²) >= 11 is 0. The van der Waals surface area contributed by atoms with Gasteiger partial charge in [0.1, 0.15) is 22.9 Å². The number of carbonyl (C=O) groups excluding carboxylic acids is 2. The predicted molar refractivity (Wildman–Crippen MR) is 149 cm³/mol. The van der Waals surface area contributed by atoms with Gasteiger partial charge < -0.3 is 18.9 Å². The number of hydrogen-bond acceptors (Lipinski definition) is 8. The largest absolute Gasteiger partial charge is 0.494 e. The Balaban J connectivity index is 1.48. The molecule has 8 nitrogen and oxygen atoms in total. The van der Waals surface area contributed by atoms with Crippen LogP contribution in [0.1, 0.15) is 49.9 Å². The van der Waals surface area contributed by atoms with Gasteiger partial charge in [0.25, 0.3) is 0 Å². The molecule has 0 aliphatic rings. The molecule has 0 N–H and O–H groups in total. The molecule has 8 heteroatoms. The number of benzene rings is 3. The van der Waals surface area contributed by atoms with Crippen LogP contribution in [-0.4, -0.2) is 31.8 Å². The minimum atomic E-state index is -0.454. The molecule has 0 spiro atoms. The predicted octanol–water partition coefficient (Wildman–Crippen LogP) is 7.78. The van der Waals surface area contributed by atoms with Gasteiger partial charge in [-0.2, -0.15) is 5.11 Å². The van der Waals surface area contributed by atoms with Crippen LogP contribution < -0.4 is 14.2 Å². The van der Waals surface area contributed by atoms with Gasteiger partial charge >= 0.3 is 11.9 Å². The zero-order valence-electron chi connectivity index (χ0n) is 22.4. The van der Waals surface area contributed by atoms with Gasteiger partial charge in [0, 0.05) is 5.57 Å². The highest BCUT2D eigenvalue weighted by molar-refractivity contribution is 5.91. The Labute approximate surface area is 229 Å². The summed E-state index contributed by atoms with van der Waals surface area (Å²) < 4.78 is 22.0. The molecule has 0 saturated carbocycles. The van der Waals surface area contributed by atoms with Gasteiger partial charge in [-0.15, -0.1) is 5.11 Å². The van der Waals surface area contributed by atoms with E-state index in [0.717, 1.165) is 18.6 Å². The van der Waals surface area contributed by atoms with E-state index in [2.05, 4.69) is 23.7 Å². The molecule has 3 rings (SSSR count). The van der Waals surface area contributed by atoms with Crippen LogP contribution in [0, 0.1) is 0 Å². The van der Waals surface area contributed by atoms with Crippen molar-refractivity contribution in [3.05, 3.63) is 90.5 Å². The molecule has 0 saturated heterocycles. The fourth-order valence-electron chi connectivity index (χ4n) is 3.22. The topological polar surface area (TPSA) is 95.8 Å². The Kier molecular flexibility index (Phi) is 11.7. The minimum absolute atomic E-state index is 0.322. The molecule has 0 amide bonds. The van der Waals surface area contributed by atoms with E-state index in [-0.39, 0.29) is 5.97 Å². The Morgan fingerprint density at radius 1 is 0.769 bits per heavy atom. The van der Waals surface area contributed by atoms with Crippen LogP contribution >= 0.6 is 0 Å². The molecule has 0 atom stereocenters. The van der Waals surface area contributed by atoms with Crippen LogP contribution in [0.4, 0.5) is 11.4 Å². The lowest BCUT2D eigenvalue weighted by molar-refractivity contribution is -0.139. The first-order chi connectivity index (χ1) is 19.0. The highest BCUT2D eigenvalue weighted by Crippen LogP contribution is 2.29. The molecular weight excluding hydrogens is 496 g/mol. The van der Waals surface area contributed by atoms with Gasteiger partial charge in [-0.1, -0.05) is 32.1 Å². The second kappa shape index (κ2) is 15.7. The summed E-state index contributed by atoms with van der Waals surface area (Å²) in [4.78, 5) is 23.9. The maximum Gasteiger partial charge on any atom is 0.343 e. The van der Waals surface area contributed by atoms with Crippen LogP contribution in [0.3, 0.4) is 0 Å². The Hall–Kier alpha value is -4.46. The van der Waals surface area contributed by atoms with Crippen molar-refractivity contribution in [2.45, 2.75) is 39.5 Å². The SMILES string of the molecule is C=C(C)C(=O)OCCCCOc1ccccc1N=Nc1ccc(OC(=O)c2ccc(OCCCC)cc2)cc1. The summed E-state index contributed by atoms with van der Waals surface area (Å²) in [6, 6.07) is 21.0. The van der Waals surface area contributed by atoms with Gasteiger partial charge in [-0.05, 0) is 86.8 Å². The summed E-state index contributed by atoms with van der Waals surface area (Å²) in [7, 11) is 0. The second-order valence-corrected chi connectivity index (χ2v) is 8.75. The highest BCUT2D eigenvalue weighted by atomic mass is 16.5. The minimum Gasteiger partial charge on any atom is -0.494 e. The van der Waals surface area contributed by atoms with Crippen molar-refractivity contribution in [3.8, 4) is 17.2 Å². The Bertz CT molecular complexity index is 1250. The van der Waals surface area contributed by atoms with E-state index in [1.54, 1.807) is 55.5 Å². The van der Waals surface area contributed by atoms with E-state index >= 15 is 0 Å². The average Bonchev–Trinajstić information content (AvgIpc) is 2.95. The first kappa shape index (κ1) is 29.1. The number of unbranched alkanes of at least 4 members (excludes halogenated alkanes) is 2. The van der Waals surface area contributed by atoms with E-state index in [4.69, 9.17) is 18.9 Å². The molecule has 0 aliphatic carbocycles. The quantitative estimate of drug-likeness (QED) is 0.0654. The van der Waals surface area contributed by atoms with Gasteiger partial charge in [-0.25, -0.2) is 9.59 Å². The molecule has 3 aromatic carbocycles. The molecule has 0 fully saturated rings. The van der Waals surface area contributed by atoms with Crippen LogP contribution in [-0.2, 0) is 9.53 Å². The Morgan fingerprint density at radius 3 is 2.15 bits per heavy atom. The molecule has 0 aromatic heterocycles. The first-order valence-corrected chi connectivity index (χ1v) is 13.0. The average molecular weight is 531 g/mol. The van der Waals surface area contributed by atoms with Crippen molar-refractivity contribution in [1.29, 1.82) is 0 Å². The molecule has 0 bridgehead atoms. The smallest absolute Gasteiger partial charge is 0.343 e. The van der Waals surface area contributed by atoms with Crippen LogP contribution in [0.5, 0.6) is 17.2 Å². The summed E-state index contributed by atoms with van der Waals surface area (Å²) in [6.45, 7) is 8.70. The van der Waals surface area contributed by atoms with Crippen LogP contribution in [0.15, 0.2) is 95.2 Å². The van der Waals surface area contributed by atoms with E-state index in [1.807, 2.05) is 24.3 Å². The number of azo groups is 1. The van der Waals surface area contributed by atoms with Crippen molar-refractivity contribution >= 4 is 23.3 Å². The van der Waals surface area contributed by atoms with Crippen molar-refractivity contribution < 1.29 is 28.5 Å². The number of rotatable bonds is 15. The van der Waals surface area contributed by atoms with E-state index in [9.17, 15) is 9.59 Å². The van der Waals surface area contributed by atoms with Gasteiger partial charge in [0.2, 0.25) is 0 Å². The van der Waals surface area contributed by atoms with E-state index in [0.29, 0.717) is 66.7 Å². The van der Waals surface area contributed by atoms with Crippen LogP contribution in [0.2, 0.25) is 0 Å². The molecule has 0 unspecified atom stereocenters. The van der Waals surface area contributed by atoms with Gasteiger partial charge in [-0.3, -0.25) is 0 Å². The first-order valence-electron chi connectivity index (χ1n) is 13.0. The molecule has 0 heterocycles.